The smallest absolute Gasteiger partial charge is 0.121 e. The van der Waals surface area contributed by atoms with E-state index in [1.165, 1.54) is 12.0 Å². The zero-order valence-electron chi connectivity index (χ0n) is 10.6. The van der Waals surface area contributed by atoms with Crippen molar-refractivity contribution in [3.63, 3.8) is 0 Å². The number of hydrogen-bond donors (Lipinski definition) is 0. The minimum atomic E-state index is 0.118. The van der Waals surface area contributed by atoms with E-state index in [0.29, 0.717) is 5.92 Å². The number of ether oxygens (including phenoxy) is 1. The van der Waals surface area contributed by atoms with E-state index in [4.69, 9.17) is 16.3 Å². The molecule has 1 unspecified atom stereocenters. The molecule has 1 nitrogen and oxygen atoms in total. The summed E-state index contributed by atoms with van der Waals surface area (Å²) in [7, 11) is 1.69. The van der Waals surface area contributed by atoms with E-state index < -0.39 is 0 Å². The van der Waals surface area contributed by atoms with E-state index in [9.17, 15) is 0 Å². The molecule has 0 aromatic heterocycles. The van der Waals surface area contributed by atoms with Crippen LogP contribution in [0, 0.1) is 12.8 Å². The molecule has 0 saturated heterocycles. The summed E-state index contributed by atoms with van der Waals surface area (Å²) in [5.74, 6) is 1.64. The van der Waals surface area contributed by atoms with Crippen molar-refractivity contribution in [1.29, 1.82) is 0 Å². The Hall–Kier alpha value is -0.690. The van der Waals surface area contributed by atoms with Gasteiger partial charge in [0.2, 0.25) is 0 Å². The van der Waals surface area contributed by atoms with Gasteiger partial charge in [0.25, 0.3) is 0 Å². The fourth-order valence-corrected chi connectivity index (χ4v) is 2.00. The largest absolute Gasteiger partial charge is 0.496 e. The lowest BCUT2D eigenvalue weighted by Crippen LogP contribution is -1.96. The van der Waals surface area contributed by atoms with E-state index >= 15 is 0 Å². The predicted molar refractivity (Wildman–Crippen MR) is 70.4 cm³/mol. The Morgan fingerprint density at radius 2 is 1.94 bits per heavy atom. The van der Waals surface area contributed by atoms with Gasteiger partial charge in [-0.2, -0.15) is 0 Å². The average Bonchev–Trinajstić information content (AvgIpc) is 2.25. The van der Waals surface area contributed by atoms with Crippen LogP contribution in [0.5, 0.6) is 5.75 Å². The van der Waals surface area contributed by atoms with Gasteiger partial charge in [0.05, 0.1) is 12.5 Å². The molecule has 1 aromatic carbocycles. The van der Waals surface area contributed by atoms with Crippen molar-refractivity contribution < 1.29 is 4.74 Å². The monoisotopic (exact) mass is 240 g/mol. The van der Waals surface area contributed by atoms with Crippen LogP contribution in [0.4, 0.5) is 0 Å². The van der Waals surface area contributed by atoms with Crippen LogP contribution in [0.15, 0.2) is 18.2 Å². The molecule has 1 atom stereocenters. The summed E-state index contributed by atoms with van der Waals surface area (Å²) in [6.07, 6.45) is 2.20. The van der Waals surface area contributed by atoms with Crippen molar-refractivity contribution in [3.8, 4) is 5.75 Å². The molecule has 0 aliphatic carbocycles. The molecule has 0 spiro atoms. The first-order valence-corrected chi connectivity index (χ1v) is 6.26. The summed E-state index contributed by atoms with van der Waals surface area (Å²) in [6.45, 7) is 6.50. The van der Waals surface area contributed by atoms with Crippen molar-refractivity contribution in [1.82, 2.24) is 0 Å². The van der Waals surface area contributed by atoms with Crippen molar-refractivity contribution in [2.45, 2.75) is 39.0 Å². The van der Waals surface area contributed by atoms with Crippen LogP contribution >= 0.6 is 11.6 Å². The SMILES string of the molecule is COc1ccc(C(Cl)CCC(C)C)cc1C. The highest BCUT2D eigenvalue weighted by Gasteiger charge is 2.10. The molecule has 2 heteroatoms. The lowest BCUT2D eigenvalue weighted by Gasteiger charge is -2.13. The van der Waals surface area contributed by atoms with Crippen LogP contribution in [0.2, 0.25) is 0 Å². The van der Waals surface area contributed by atoms with E-state index in [1.54, 1.807) is 7.11 Å². The predicted octanol–water partition coefficient (Wildman–Crippen LogP) is 4.72. The summed E-state index contributed by atoms with van der Waals surface area (Å²) in [4.78, 5) is 0. The highest BCUT2D eigenvalue weighted by molar-refractivity contribution is 6.20. The number of aryl methyl sites for hydroxylation is 1. The molecule has 1 aromatic rings. The third-order valence-electron chi connectivity index (χ3n) is 2.78. The highest BCUT2D eigenvalue weighted by Crippen LogP contribution is 2.30. The molecule has 0 N–H and O–H groups in total. The number of rotatable bonds is 5. The van der Waals surface area contributed by atoms with Gasteiger partial charge < -0.3 is 4.74 Å². The van der Waals surface area contributed by atoms with E-state index in [2.05, 4.69) is 26.0 Å². The number of hydrogen-bond acceptors (Lipinski definition) is 1. The number of methoxy groups -OCH3 is 1. The molecule has 0 amide bonds. The zero-order valence-corrected chi connectivity index (χ0v) is 11.3. The Morgan fingerprint density at radius 1 is 1.25 bits per heavy atom. The second kappa shape index (κ2) is 6.15. The van der Waals surface area contributed by atoms with Gasteiger partial charge in [-0.15, -0.1) is 11.6 Å². The Bertz CT molecular complexity index is 334. The molecule has 0 heterocycles. The third kappa shape index (κ3) is 3.71. The van der Waals surface area contributed by atoms with Crippen molar-refractivity contribution in [2.24, 2.45) is 5.92 Å². The highest BCUT2D eigenvalue weighted by atomic mass is 35.5. The van der Waals surface area contributed by atoms with Crippen LogP contribution in [0.25, 0.3) is 0 Å². The van der Waals surface area contributed by atoms with Gasteiger partial charge in [-0.1, -0.05) is 26.0 Å². The van der Waals surface area contributed by atoms with Gasteiger partial charge in [-0.05, 0) is 42.9 Å². The quantitative estimate of drug-likeness (QED) is 0.677. The van der Waals surface area contributed by atoms with Crippen molar-refractivity contribution in [2.75, 3.05) is 7.11 Å². The number of alkyl halides is 1. The molecule has 0 bridgehead atoms. The average molecular weight is 241 g/mol. The summed E-state index contributed by atoms with van der Waals surface area (Å²) >= 11 is 6.38. The van der Waals surface area contributed by atoms with Crippen LogP contribution < -0.4 is 4.74 Å². The molecule has 0 saturated carbocycles. The Balaban J connectivity index is 2.69. The number of benzene rings is 1. The van der Waals surface area contributed by atoms with Crippen LogP contribution in [-0.4, -0.2) is 7.11 Å². The number of halogens is 1. The normalized spacial score (nSPS) is 12.9. The Kier molecular flexibility index (Phi) is 5.14. The van der Waals surface area contributed by atoms with Gasteiger partial charge in [-0.25, -0.2) is 0 Å². The van der Waals surface area contributed by atoms with Gasteiger partial charge in [0, 0.05) is 0 Å². The molecule has 0 aliphatic rings. The van der Waals surface area contributed by atoms with Crippen molar-refractivity contribution >= 4 is 11.6 Å². The Morgan fingerprint density at radius 3 is 2.44 bits per heavy atom. The van der Waals surface area contributed by atoms with Gasteiger partial charge in [0.1, 0.15) is 5.75 Å². The van der Waals surface area contributed by atoms with E-state index in [-0.39, 0.29) is 5.38 Å². The third-order valence-corrected chi connectivity index (χ3v) is 3.25. The standard InChI is InChI=1S/C14H21ClO/c1-10(2)5-7-13(15)12-6-8-14(16-4)11(3)9-12/h6,8-10,13H,5,7H2,1-4H3. The van der Waals surface area contributed by atoms with Gasteiger partial charge in [-0.3, -0.25) is 0 Å². The topological polar surface area (TPSA) is 9.23 Å². The fraction of sp³-hybridized carbons (Fsp3) is 0.571. The molecular formula is C14H21ClO. The second-order valence-corrected chi connectivity index (χ2v) is 5.19. The first-order valence-electron chi connectivity index (χ1n) is 5.83. The molecular weight excluding hydrogens is 220 g/mol. The molecule has 0 radical (unpaired) electrons. The van der Waals surface area contributed by atoms with E-state index in [1.807, 2.05) is 13.0 Å². The Labute approximate surface area is 104 Å². The van der Waals surface area contributed by atoms with Crippen LogP contribution in [0.1, 0.15) is 43.2 Å². The van der Waals surface area contributed by atoms with Crippen LogP contribution in [0.3, 0.4) is 0 Å². The first kappa shape index (κ1) is 13.4. The lowest BCUT2D eigenvalue weighted by molar-refractivity contribution is 0.411. The molecule has 16 heavy (non-hydrogen) atoms. The second-order valence-electron chi connectivity index (χ2n) is 4.67. The molecule has 0 fully saturated rings. The van der Waals surface area contributed by atoms with E-state index in [0.717, 1.165) is 17.7 Å². The van der Waals surface area contributed by atoms with Gasteiger partial charge in [0.15, 0.2) is 0 Å². The lowest BCUT2D eigenvalue weighted by atomic mass is 10.0. The van der Waals surface area contributed by atoms with Gasteiger partial charge >= 0.3 is 0 Å². The molecule has 0 aliphatic heterocycles. The maximum atomic E-state index is 6.38. The molecule has 1 rings (SSSR count). The summed E-state index contributed by atoms with van der Waals surface area (Å²) in [5.41, 5.74) is 2.34. The minimum absolute atomic E-state index is 0.118. The fourth-order valence-electron chi connectivity index (χ4n) is 1.74. The summed E-state index contributed by atoms with van der Waals surface area (Å²) < 4.78 is 5.23. The zero-order chi connectivity index (χ0) is 12.1. The molecule has 90 valence electrons. The van der Waals surface area contributed by atoms with Crippen molar-refractivity contribution in [3.05, 3.63) is 29.3 Å². The summed E-state index contributed by atoms with van der Waals surface area (Å²) in [5, 5.41) is 0.118. The maximum Gasteiger partial charge on any atom is 0.121 e. The van der Waals surface area contributed by atoms with Crippen LogP contribution in [-0.2, 0) is 0 Å². The first-order chi connectivity index (χ1) is 7.54. The minimum Gasteiger partial charge on any atom is -0.496 e. The maximum absolute atomic E-state index is 6.38. The summed E-state index contributed by atoms with van der Waals surface area (Å²) in [6, 6.07) is 6.18.